The zero-order chi connectivity index (χ0) is 30.0. The summed E-state index contributed by atoms with van der Waals surface area (Å²) in [6, 6.07) is 12.6. The lowest BCUT2D eigenvalue weighted by molar-refractivity contribution is -0.124. The number of carbonyl (C=O) groups is 2. The first-order valence-corrected chi connectivity index (χ1v) is 15.2. The first kappa shape index (κ1) is 30.0. The summed E-state index contributed by atoms with van der Waals surface area (Å²) in [5.41, 5.74) is 6.10. The van der Waals surface area contributed by atoms with Crippen molar-refractivity contribution in [2.75, 3.05) is 37.3 Å². The Balaban J connectivity index is 1.29. The number of ketones is 1. The smallest absolute Gasteiger partial charge is 0.233 e. The number of likely N-dealkylation sites (tertiary alicyclic amines) is 1. The van der Waals surface area contributed by atoms with Crippen LogP contribution in [-0.2, 0) is 21.5 Å². The van der Waals surface area contributed by atoms with E-state index >= 15 is 0 Å². The van der Waals surface area contributed by atoms with Gasteiger partial charge in [-0.3, -0.25) is 14.5 Å². The number of likely N-dealkylation sites (N-methyl/N-ethyl adjacent to an activating group) is 1. The lowest BCUT2D eigenvalue weighted by atomic mass is 9.82. The van der Waals surface area contributed by atoms with Crippen LogP contribution in [0.5, 0.6) is 0 Å². The van der Waals surface area contributed by atoms with Crippen molar-refractivity contribution in [2.45, 2.75) is 70.8 Å². The van der Waals surface area contributed by atoms with E-state index in [1.54, 1.807) is 13.2 Å². The van der Waals surface area contributed by atoms with Crippen molar-refractivity contribution in [1.82, 2.24) is 20.2 Å². The molecule has 2 heterocycles. The molecule has 0 spiro atoms. The molecule has 5 rings (SSSR count). The van der Waals surface area contributed by atoms with Gasteiger partial charge in [0.15, 0.2) is 5.82 Å². The fourth-order valence-corrected chi connectivity index (χ4v) is 6.77. The molecule has 3 aromatic rings. The molecule has 1 amide bonds. The van der Waals surface area contributed by atoms with Crippen molar-refractivity contribution in [3.05, 3.63) is 75.4 Å². The molecule has 3 N–H and O–H groups in total. The van der Waals surface area contributed by atoms with Gasteiger partial charge in [-0.05, 0) is 86.4 Å². The standard InChI is InChI=1S/C33H41ClN6O2/c1-6-24-25-11-7-9-22(29(25)33(3,4)30(24)42)16-36-31-26(34)17-37-32(39-31)38-27-13-12-21(15-20(27)2)23-10-8-14-40(18-23)19-28(41)35-5/h7,9,11-13,15,17,23-24H,6,8,10,14,16,18-19H2,1-5H3,(H,35,41)(H2,36,37,38,39)/t23?,24-/m0/s1. The molecule has 1 aliphatic carbocycles. The summed E-state index contributed by atoms with van der Waals surface area (Å²) < 4.78 is 0. The Morgan fingerprint density at radius 2 is 2.02 bits per heavy atom. The molecular weight excluding hydrogens is 548 g/mol. The molecule has 9 heteroatoms. The number of benzene rings is 2. The van der Waals surface area contributed by atoms with E-state index in [4.69, 9.17) is 11.6 Å². The van der Waals surface area contributed by atoms with Crippen LogP contribution in [0.4, 0.5) is 17.5 Å². The summed E-state index contributed by atoms with van der Waals surface area (Å²) in [6.07, 6.45) is 4.59. The number of piperidine rings is 1. The third-order valence-electron chi connectivity index (χ3n) is 8.83. The van der Waals surface area contributed by atoms with Crippen LogP contribution in [0.25, 0.3) is 0 Å². The van der Waals surface area contributed by atoms with Crippen LogP contribution in [0.1, 0.15) is 79.7 Å². The monoisotopic (exact) mass is 588 g/mol. The van der Waals surface area contributed by atoms with Crippen LogP contribution in [0.15, 0.2) is 42.6 Å². The molecular formula is C33H41ClN6O2. The highest BCUT2D eigenvalue weighted by Gasteiger charge is 2.45. The molecule has 42 heavy (non-hydrogen) atoms. The third kappa shape index (κ3) is 6.01. The highest BCUT2D eigenvalue weighted by molar-refractivity contribution is 6.32. The largest absolute Gasteiger partial charge is 0.365 e. The maximum Gasteiger partial charge on any atom is 0.233 e. The number of halogens is 1. The number of Topliss-reactive ketones (excluding diaryl/α,β-unsaturated/α-hetero) is 1. The Hall–Kier alpha value is -3.49. The minimum absolute atomic E-state index is 0.0531. The summed E-state index contributed by atoms with van der Waals surface area (Å²) in [6.45, 7) is 11.0. The van der Waals surface area contributed by atoms with Crippen LogP contribution in [0, 0.1) is 6.92 Å². The van der Waals surface area contributed by atoms with Gasteiger partial charge in [0.05, 0.1) is 12.7 Å². The number of rotatable bonds is 9. The van der Waals surface area contributed by atoms with E-state index in [1.807, 2.05) is 19.9 Å². The van der Waals surface area contributed by atoms with E-state index in [0.29, 0.717) is 35.8 Å². The zero-order valence-corrected chi connectivity index (χ0v) is 25.9. The fourth-order valence-electron chi connectivity index (χ4n) is 6.61. The van der Waals surface area contributed by atoms with Crippen molar-refractivity contribution in [3.63, 3.8) is 0 Å². The van der Waals surface area contributed by atoms with E-state index in [0.717, 1.165) is 60.3 Å². The van der Waals surface area contributed by atoms with Crippen molar-refractivity contribution < 1.29 is 9.59 Å². The Morgan fingerprint density at radius 1 is 1.21 bits per heavy atom. The van der Waals surface area contributed by atoms with E-state index in [9.17, 15) is 9.59 Å². The molecule has 222 valence electrons. The van der Waals surface area contributed by atoms with E-state index < -0.39 is 5.41 Å². The first-order chi connectivity index (χ1) is 20.1. The number of aryl methyl sites for hydroxylation is 1. The predicted octanol–water partition coefficient (Wildman–Crippen LogP) is 6.07. The lowest BCUT2D eigenvalue weighted by Gasteiger charge is -2.32. The van der Waals surface area contributed by atoms with Gasteiger partial charge in [0, 0.05) is 37.2 Å². The fraction of sp³-hybridized carbons (Fsp3) is 0.455. The molecule has 8 nitrogen and oxygen atoms in total. The zero-order valence-electron chi connectivity index (χ0n) is 25.2. The molecule has 1 saturated heterocycles. The van der Waals surface area contributed by atoms with Gasteiger partial charge in [0.25, 0.3) is 0 Å². The Bertz CT molecular complexity index is 1490. The Morgan fingerprint density at radius 3 is 2.76 bits per heavy atom. The molecule has 0 radical (unpaired) electrons. The topological polar surface area (TPSA) is 99.3 Å². The number of hydrogen-bond donors (Lipinski definition) is 3. The highest BCUT2D eigenvalue weighted by atomic mass is 35.5. The number of amides is 1. The van der Waals surface area contributed by atoms with Gasteiger partial charge in [-0.15, -0.1) is 0 Å². The maximum atomic E-state index is 13.1. The van der Waals surface area contributed by atoms with Crippen LogP contribution in [0.2, 0.25) is 5.02 Å². The minimum Gasteiger partial charge on any atom is -0.365 e. The molecule has 1 aliphatic heterocycles. The summed E-state index contributed by atoms with van der Waals surface area (Å²) in [4.78, 5) is 36.3. The van der Waals surface area contributed by atoms with Crippen LogP contribution < -0.4 is 16.0 Å². The average molecular weight is 589 g/mol. The van der Waals surface area contributed by atoms with Gasteiger partial charge in [-0.2, -0.15) is 4.98 Å². The number of anilines is 3. The molecule has 1 fully saturated rings. The average Bonchev–Trinajstić information content (AvgIpc) is 3.18. The second kappa shape index (κ2) is 12.4. The van der Waals surface area contributed by atoms with Crippen molar-refractivity contribution in [1.29, 1.82) is 0 Å². The van der Waals surface area contributed by atoms with E-state index in [2.05, 4.69) is 75.0 Å². The Labute approximate surface area is 253 Å². The normalized spacial score (nSPS) is 19.8. The predicted molar refractivity (Wildman–Crippen MR) is 169 cm³/mol. The summed E-state index contributed by atoms with van der Waals surface area (Å²) in [7, 11) is 1.68. The van der Waals surface area contributed by atoms with E-state index in [-0.39, 0.29) is 17.6 Å². The van der Waals surface area contributed by atoms with E-state index in [1.165, 1.54) is 5.56 Å². The first-order valence-electron chi connectivity index (χ1n) is 14.9. The molecule has 0 bridgehead atoms. The number of hydrogen-bond acceptors (Lipinski definition) is 7. The number of nitrogens with zero attached hydrogens (tertiary/aromatic N) is 3. The summed E-state index contributed by atoms with van der Waals surface area (Å²) in [5.74, 6) is 1.67. The SMILES string of the molecule is CC[C@@H]1C(=O)C(C)(C)c2c(CNc3nc(Nc4ccc(C5CCCN(CC(=O)NC)C5)cc4C)ncc3Cl)cccc21. The summed E-state index contributed by atoms with van der Waals surface area (Å²) in [5, 5.41) is 9.90. The van der Waals surface area contributed by atoms with Gasteiger partial charge in [-0.25, -0.2) is 4.98 Å². The second-order valence-electron chi connectivity index (χ2n) is 12.0. The van der Waals surface area contributed by atoms with Gasteiger partial charge < -0.3 is 16.0 Å². The van der Waals surface area contributed by atoms with Gasteiger partial charge in [0.1, 0.15) is 10.8 Å². The lowest BCUT2D eigenvalue weighted by Crippen LogP contribution is -2.41. The number of carbonyl (C=O) groups excluding carboxylic acids is 2. The molecule has 2 atom stereocenters. The third-order valence-corrected chi connectivity index (χ3v) is 9.11. The van der Waals surface area contributed by atoms with Gasteiger partial charge in [0.2, 0.25) is 11.9 Å². The van der Waals surface area contributed by atoms with Crippen molar-refractivity contribution in [3.8, 4) is 0 Å². The molecule has 2 aromatic carbocycles. The van der Waals surface area contributed by atoms with Crippen LogP contribution in [0.3, 0.4) is 0 Å². The number of nitrogens with one attached hydrogen (secondary N) is 3. The number of fused-ring (bicyclic) bond motifs is 1. The maximum absolute atomic E-state index is 13.1. The Kier molecular flexibility index (Phi) is 8.85. The van der Waals surface area contributed by atoms with Crippen molar-refractivity contribution in [2.24, 2.45) is 0 Å². The molecule has 2 aliphatic rings. The summed E-state index contributed by atoms with van der Waals surface area (Å²) >= 11 is 6.50. The van der Waals surface area contributed by atoms with Crippen molar-refractivity contribution >= 4 is 40.7 Å². The minimum atomic E-state index is -0.528. The van der Waals surface area contributed by atoms with Gasteiger partial charge in [-0.1, -0.05) is 48.9 Å². The highest BCUT2D eigenvalue weighted by Crippen LogP contribution is 2.46. The number of aromatic nitrogens is 2. The second-order valence-corrected chi connectivity index (χ2v) is 12.4. The molecule has 1 unspecified atom stereocenters. The van der Waals surface area contributed by atoms with Gasteiger partial charge >= 0.3 is 0 Å². The molecule has 0 saturated carbocycles. The molecule has 1 aromatic heterocycles. The quantitative estimate of drug-likeness (QED) is 0.279. The van der Waals surface area contributed by atoms with Crippen LogP contribution in [-0.4, -0.2) is 53.2 Å². The van der Waals surface area contributed by atoms with Crippen LogP contribution >= 0.6 is 11.6 Å².